The van der Waals surface area contributed by atoms with Crippen LogP contribution in [0, 0.1) is 10.8 Å². The van der Waals surface area contributed by atoms with Gasteiger partial charge in [-0.3, -0.25) is 0 Å². The highest BCUT2D eigenvalue weighted by Crippen LogP contribution is 2.63. The molecule has 1 nitrogen and oxygen atoms in total. The third-order valence-electron chi connectivity index (χ3n) is 3.95. The average molecular weight is 170 g/mol. The average Bonchev–Trinajstić information content (AvgIpc) is 2.40. The number of rotatable bonds is 0. The van der Waals surface area contributed by atoms with Crippen LogP contribution in [-0.4, -0.2) is 24.7 Å². The third kappa shape index (κ3) is 0.642. The predicted molar refractivity (Wildman–Crippen MR) is 46.9 cm³/mol. The van der Waals surface area contributed by atoms with E-state index in [0.29, 0.717) is 10.8 Å². The summed E-state index contributed by atoms with van der Waals surface area (Å²) in [7, 11) is 0. The van der Waals surface area contributed by atoms with E-state index in [1.54, 1.807) is 0 Å². The number of thioether (sulfide) groups is 1. The Morgan fingerprint density at radius 1 is 1.00 bits per heavy atom. The Morgan fingerprint density at radius 2 is 1.64 bits per heavy atom. The van der Waals surface area contributed by atoms with Crippen molar-refractivity contribution in [1.82, 2.24) is 0 Å². The van der Waals surface area contributed by atoms with Crippen LogP contribution >= 0.6 is 11.8 Å². The molecule has 0 radical (unpaired) electrons. The molecule has 2 heterocycles. The molecule has 0 amide bonds. The Morgan fingerprint density at radius 3 is 2.27 bits per heavy atom. The summed E-state index contributed by atoms with van der Waals surface area (Å²) in [6.07, 6.45) is 4.35. The van der Waals surface area contributed by atoms with Crippen molar-refractivity contribution in [2.75, 3.05) is 24.7 Å². The zero-order chi connectivity index (χ0) is 7.36. The van der Waals surface area contributed by atoms with Gasteiger partial charge in [0.15, 0.2) is 0 Å². The molecule has 2 saturated heterocycles. The zero-order valence-electron chi connectivity index (χ0n) is 6.77. The van der Waals surface area contributed by atoms with Gasteiger partial charge in [-0.15, -0.1) is 0 Å². The summed E-state index contributed by atoms with van der Waals surface area (Å²) < 4.78 is 5.65. The smallest absolute Gasteiger partial charge is 0.0537 e. The molecule has 3 rings (SSSR count). The molecule has 2 heteroatoms. The molecule has 0 aromatic rings. The van der Waals surface area contributed by atoms with Crippen molar-refractivity contribution in [1.29, 1.82) is 0 Å². The molecule has 0 spiro atoms. The summed E-state index contributed by atoms with van der Waals surface area (Å²) in [6, 6.07) is 0. The van der Waals surface area contributed by atoms with E-state index >= 15 is 0 Å². The van der Waals surface area contributed by atoms with E-state index in [0.717, 1.165) is 13.2 Å². The quantitative estimate of drug-likeness (QED) is 0.549. The van der Waals surface area contributed by atoms with E-state index in [1.165, 1.54) is 30.8 Å². The largest absolute Gasteiger partial charge is 0.380 e. The molecule has 2 unspecified atom stereocenters. The predicted octanol–water partition coefficient (Wildman–Crippen LogP) is 1.92. The van der Waals surface area contributed by atoms with Crippen LogP contribution < -0.4 is 0 Å². The van der Waals surface area contributed by atoms with Crippen LogP contribution in [0.4, 0.5) is 0 Å². The molecular formula is C9H14OS. The van der Waals surface area contributed by atoms with Crippen LogP contribution in [0.1, 0.15) is 19.3 Å². The van der Waals surface area contributed by atoms with Crippen LogP contribution in [0.15, 0.2) is 0 Å². The summed E-state index contributed by atoms with van der Waals surface area (Å²) in [5.41, 5.74) is 1.27. The van der Waals surface area contributed by atoms with Gasteiger partial charge in [-0.05, 0) is 12.8 Å². The van der Waals surface area contributed by atoms with Gasteiger partial charge in [-0.1, -0.05) is 6.42 Å². The highest BCUT2D eigenvalue weighted by Gasteiger charge is 2.61. The van der Waals surface area contributed by atoms with Gasteiger partial charge in [-0.2, -0.15) is 11.8 Å². The fraction of sp³-hybridized carbons (Fsp3) is 1.00. The summed E-state index contributed by atoms with van der Waals surface area (Å²) >= 11 is 2.16. The number of hydrogen-bond acceptors (Lipinski definition) is 2. The first-order valence-corrected chi connectivity index (χ1v) is 5.68. The second kappa shape index (κ2) is 1.97. The first kappa shape index (κ1) is 6.79. The summed E-state index contributed by atoms with van der Waals surface area (Å²) in [5, 5.41) is 0. The van der Waals surface area contributed by atoms with E-state index < -0.39 is 0 Å². The monoisotopic (exact) mass is 170 g/mol. The normalized spacial score (nSPS) is 54.5. The van der Waals surface area contributed by atoms with Crippen molar-refractivity contribution >= 4 is 11.8 Å². The van der Waals surface area contributed by atoms with E-state index in [4.69, 9.17) is 4.74 Å². The first-order valence-electron chi connectivity index (χ1n) is 4.53. The van der Waals surface area contributed by atoms with Crippen molar-refractivity contribution in [2.24, 2.45) is 10.8 Å². The molecule has 62 valence electrons. The van der Waals surface area contributed by atoms with E-state index in [2.05, 4.69) is 11.8 Å². The van der Waals surface area contributed by atoms with Crippen molar-refractivity contribution in [3.05, 3.63) is 0 Å². The van der Waals surface area contributed by atoms with Crippen molar-refractivity contribution in [3.8, 4) is 0 Å². The van der Waals surface area contributed by atoms with Gasteiger partial charge in [-0.25, -0.2) is 0 Å². The minimum Gasteiger partial charge on any atom is -0.380 e. The molecule has 0 aromatic heterocycles. The standard InChI is InChI=1S/C9H14OS/c1-2-8-4-10-5-9(8,3-1)7-11-6-8/h1-7H2. The molecule has 0 bridgehead atoms. The minimum absolute atomic E-state index is 0.637. The van der Waals surface area contributed by atoms with Crippen molar-refractivity contribution in [3.63, 3.8) is 0 Å². The summed E-state index contributed by atoms with van der Waals surface area (Å²) in [4.78, 5) is 0. The Bertz CT molecular complexity index is 143. The maximum absolute atomic E-state index is 5.65. The molecule has 0 N–H and O–H groups in total. The van der Waals surface area contributed by atoms with Crippen LogP contribution in [-0.2, 0) is 4.74 Å². The molecule has 3 aliphatic rings. The number of ether oxygens (including phenoxy) is 1. The highest BCUT2D eigenvalue weighted by molar-refractivity contribution is 7.99. The van der Waals surface area contributed by atoms with Gasteiger partial charge in [0.05, 0.1) is 13.2 Å². The van der Waals surface area contributed by atoms with Crippen LogP contribution in [0.25, 0.3) is 0 Å². The molecule has 11 heavy (non-hydrogen) atoms. The summed E-state index contributed by atoms with van der Waals surface area (Å²) in [6.45, 7) is 2.14. The van der Waals surface area contributed by atoms with Crippen LogP contribution in [0.2, 0.25) is 0 Å². The molecule has 2 aliphatic heterocycles. The molecule has 1 aliphatic carbocycles. The Kier molecular flexibility index (Phi) is 1.21. The van der Waals surface area contributed by atoms with Gasteiger partial charge in [0.2, 0.25) is 0 Å². The maximum atomic E-state index is 5.65. The third-order valence-corrected chi connectivity index (χ3v) is 5.46. The second-order valence-electron chi connectivity index (χ2n) is 4.40. The molecular weight excluding hydrogens is 156 g/mol. The first-order chi connectivity index (χ1) is 5.37. The van der Waals surface area contributed by atoms with E-state index in [-0.39, 0.29) is 0 Å². The lowest BCUT2D eigenvalue weighted by Gasteiger charge is -2.29. The lowest BCUT2D eigenvalue weighted by Crippen LogP contribution is -2.34. The van der Waals surface area contributed by atoms with Gasteiger partial charge in [0.25, 0.3) is 0 Å². The van der Waals surface area contributed by atoms with E-state index in [1.807, 2.05) is 0 Å². The number of hydrogen-bond donors (Lipinski definition) is 0. The maximum Gasteiger partial charge on any atom is 0.0537 e. The summed E-state index contributed by atoms with van der Waals surface area (Å²) in [5.74, 6) is 2.76. The topological polar surface area (TPSA) is 9.23 Å². The fourth-order valence-electron chi connectivity index (χ4n) is 3.16. The van der Waals surface area contributed by atoms with Gasteiger partial charge in [0, 0.05) is 22.3 Å². The Hall–Kier alpha value is 0.310. The van der Waals surface area contributed by atoms with Gasteiger partial charge < -0.3 is 4.74 Å². The van der Waals surface area contributed by atoms with Crippen molar-refractivity contribution in [2.45, 2.75) is 19.3 Å². The zero-order valence-corrected chi connectivity index (χ0v) is 7.58. The molecule has 3 fully saturated rings. The molecule has 0 aromatic carbocycles. The lowest BCUT2D eigenvalue weighted by atomic mass is 9.71. The fourth-order valence-corrected chi connectivity index (χ4v) is 5.11. The van der Waals surface area contributed by atoms with Crippen LogP contribution in [0.5, 0.6) is 0 Å². The SMILES string of the molecule is C1CC23COCC2(C1)CSC3. The lowest BCUT2D eigenvalue weighted by molar-refractivity contribution is 0.153. The Labute approximate surface area is 71.9 Å². The molecule has 1 saturated carbocycles. The second-order valence-corrected chi connectivity index (χ2v) is 5.39. The van der Waals surface area contributed by atoms with Crippen LogP contribution in [0.3, 0.4) is 0 Å². The highest BCUT2D eigenvalue weighted by atomic mass is 32.2. The molecule has 2 atom stereocenters. The van der Waals surface area contributed by atoms with Gasteiger partial charge >= 0.3 is 0 Å². The van der Waals surface area contributed by atoms with Crippen molar-refractivity contribution < 1.29 is 4.74 Å². The Balaban J connectivity index is 2.06. The minimum atomic E-state index is 0.637. The van der Waals surface area contributed by atoms with Gasteiger partial charge in [0.1, 0.15) is 0 Å². The van der Waals surface area contributed by atoms with E-state index in [9.17, 15) is 0 Å².